The van der Waals surface area contributed by atoms with Crippen LogP contribution < -0.4 is 5.32 Å². The van der Waals surface area contributed by atoms with Gasteiger partial charge in [0.2, 0.25) is 0 Å². The molecule has 0 fully saturated rings. The summed E-state index contributed by atoms with van der Waals surface area (Å²) in [6.45, 7) is 0.508. The molecule has 0 bridgehead atoms. The third kappa shape index (κ3) is 2.67. The minimum absolute atomic E-state index is 0.153. The highest BCUT2D eigenvalue weighted by Crippen LogP contribution is 2.13. The Morgan fingerprint density at radius 2 is 1.65 bits per heavy atom. The first-order valence-electron chi connectivity index (χ1n) is 6.50. The van der Waals surface area contributed by atoms with Gasteiger partial charge in [-0.05, 0) is 17.0 Å². The van der Waals surface area contributed by atoms with Gasteiger partial charge < -0.3 is 5.32 Å². The third-order valence-corrected chi connectivity index (χ3v) is 3.16. The highest BCUT2D eigenvalue weighted by atomic mass is 16.1. The minimum atomic E-state index is -0.153. The van der Waals surface area contributed by atoms with Crippen molar-refractivity contribution >= 4 is 16.7 Å². The van der Waals surface area contributed by atoms with E-state index >= 15 is 0 Å². The van der Waals surface area contributed by atoms with Crippen molar-refractivity contribution in [2.24, 2.45) is 0 Å². The average Bonchev–Trinajstić information content (AvgIpc) is 2.53. The van der Waals surface area contributed by atoms with Crippen molar-refractivity contribution < 1.29 is 4.79 Å². The lowest BCUT2D eigenvalue weighted by molar-refractivity contribution is 0.0946. The van der Waals surface area contributed by atoms with Crippen LogP contribution >= 0.6 is 0 Å². The average molecular weight is 262 g/mol. The molecule has 1 N–H and O–H groups in total. The van der Waals surface area contributed by atoms with Gasteiger partial charge in [-0.2, -0.15) is 0 Å². The number of carbonyl (C=O) groups excluding carboxylic acids is 1. The van der Waals surface area contributed by atoms with Crippen molar-refractivity contribution in [3.8, 4) is 0 Å². The summed E-state index contributed by atoms with van der Waals surface area (Å²) >= 11 is 0. The maximum absolute atomic E-state index is 12.1. The molecule has 3 aromatic rings. The largest absolute Gasteiger partial charge is 0.347 e. The molecule has 3 nitrogen and oxygen atoms in total. The number of amides is 1. The molecule has 98 valence electrons. The molecule has 3 heteroatoms. The Bertz CT molecular complexity index is 738. The normalized spacial score (nSPS) is 10.4. The second-order valence-corrected chi connectivity index (χ2v) is 4.58. The Morgan fingerprint density at radius 3 is 2.45 bits per heavy atom. The number of aromatic nitrogens is 1. The number of benzene rings is 2. The molecule has 0 atom stereocenters. The van der Waals surface area contributed by atoms with Crippen LogP contribution in [0.1, 0.15) is 16.1 Å². The Labute approximate surface area is 117 Å². The number of nitrogens with zero attached hydrogens (tertiary/aromatic N) is 1. The number of pyridine rings is 1. The van der Waals surface area contributed by atoms with E-state index in [-0.39, 0.29) is 5.91 Å². The summed E-state index contributed by atoms with van der Waals surface area (Å²) in [7, 11) is 0. The SMILES string of the molecule is O=C(NCc1ccccc1)c1cc2ccccc2cn1. The molecule has 0 saturated heterocycles. The monoisotopic (exact) mass is 262 g/mol. The molecule has 1 aromatic heterocycles. The first kappa shape index (κ1) is 12.4. The van der Waals surface area contributed by atoms with Crippen LogP contribution in [-0.4, -0.2) is 10.9 Å². The Morgan fingerprint density at radius 1 is 0.950 bits per heavy atom. The number of hydrogen-bond acceptors (Lipinski definition) is 2. The van der Waals surface area contributed by atoms with Crippen LogP contribution in [0.25, 0.3) is 10.8 Å². The smallest absolute Gasteiger partial charge is 0.270 e. The fraction of sp³-hybridized carbons (Fsp3) is 0.0588. The van der Waals surface area contributed by atoms with E-state index in [1.54, 1.807) is 6.20 Å². The second-order valence-electron chi connectivity index (χ2n) is 4.58. The van der Waals surface area contributed by atoms with Gasteiger partial charge in [-0.1, -0.05) is 54.6 Å². The van der Waals surface area contributed by atoms with Crippen molar-refractivity contribution in [3.63, 3.8) is 0 Å². The molecule has 0 saturated carbocycles. The molecule has 1 heterocycles. The molecule has 0 unspecified atom stereocenters. The predicted octanol–water partition coefficient (Wildman–Crippen LogP) is 3.16. The molecular weight excluding hydrogens is 248 g/mol. The van der Waals surface area contributed by atoms with Crippen molar-refractivity contribution in [3.05, 3.63) is 78.1 Å². The van der Waals surface area contributed by atoms with Crippen LogP contribution in [0, 0.1) is 0 Å². The van der Waals surface area contributed by atoms with Crippen LogP contribution in [0.15, 0.2) is 66.9 Å². The van der Waals surface area contributed by atoms with Crippen LogP contribution in [-0.2, 0) is 6.54 Å². The second kappa shape index (κ2) is 5.53. The molecule has 0 spiro atoms. The van der Waals surface area contributed by atoms with Crippen molar-refractivity contribution in [2.45, 2.75) is 6.54 Å². The van der Waals surface area contributed by atoms with E-state index in [0.29, 0.717) is 12.2 Å². The lowest BCUT2D eigenvalue weighted by Gasteiger charge is -2.05. The molecule has 2 aromatic carbocycles. The Balaban J connectivity index is 1.75. The van der Waals surface area contributed by atoms with Crippen molar-refractivity contribution in [1.29, 1.82) is 0 Å². The fourth-order valence-corrected chi connectivity index (χ4v) is 2.08. The molecule has 0 aliphatic carbocycles. The standard InChI is InChI=1S/C17H14N2O/c20-17(19-11-13-6-2-1-3-7-13)16-10-14-8-4-5-9-15(14)12-18-16/h1-10,12H,11H2,(H,19,20). The van der Waals surface area contributed by atoms with E-state index in [9.17, 15) is 4.79 Å². The van der Waals surface area contributed by atoms with Crippen molar-refractivity contribution in [2.75, 3.05) is 0 Å². The highest BCUT2D eigenvalue weighted by molar-refractivity contribution is 5.96. The van der Waals surface area contributed by atoms with E-state index in [1.807, 2.05) is 60.7 Å². The lowest BCUT2D eigenvalue weighted by atomic mass is 10.1. The zero-order valence-electron chi connectivity index (χ0n) is 10.9. The maximum Gasteiger partial charge on any atom is 0.270 e. The molecule has 3 rings (SSSR count). The molecule has 20 heavy (non-hydrogen) atoms. The summed E-state index contributed by atoms with van der Waals surface area (Å²) in [6.07, 6.45) is 1.73. The zero-order chi connectivity index (χ0) is 13.8. The van der Waals surface area contributed by atoms with E-state index < -0.39 is 0 Å². The molecule has 1 amide bonds. The van der Waals surface area contributed by atoms with E-state index in [2.05, 4.69) is 10.3 Å². The summed E-state index contributed by atoms with van der Waals surface area (Å²) in [5, 5.41) is 4.93. The van der Waals surface area contributed by atoms with Gasteiger partial charge in [0.25, 0.3) is 5.91 Å². The summed E-state index contributed by atoms with van der Waals surface area (Å²) in [5.41, 5.74) is 1.52. The summed E-state index contributed by atoms with van der Waals surface area (Å²) < 4.78 is 0. The van der Waals surface area contributed by atoms with Gasteiger partial charge in [-0.15, -0.1) is 0 Å². The highest BCUT2D eigenvalue weighted by Gasteiger charge is 2.07. The quantitative estimate of drug-likeness (QED) is 0.787. The van der Waals surface area contributed by atoms with Crippen LogP contribution in [0.4, 0.5) is 0 Å². The van der Waals surface area contributed by atoms with Gasteiger partial charge in [0.05, 0.1) is 0 Å². The van der Waals surface area contributed by atoms with Gasteiger partial charge >= 0.3 is 0 Å². The van der Waals surface area contributed by atoms with E-state index in [0.717, 1.165) is 16.3 Å². The van der Waals surface area contributed by atoms with Crippen molar-refractivity contribution in [1.82, 2.24) is 10.3 Å². The number of hydrogen-bond donors (Lipinski definition) is 1. The number of fused-ring (bicyclic) bond motifs is 1. The van der Waals surface area contributed by atoms with Gasteiger partial charge in [0, 0.05) is 18.1 Å². The first-order chi connectivity index (χ1) is 9.83. The number of rotatable bonds is 3. The third-order valence-electron chi connectivity index (χ3n) is 3.16. The minimum Gasteiger partial charge on any atom is -0.347 e. The van der Waals surface area contributed by atoms with Crippen LogP contribution in [0.2, 0.25) is 0 Å². The van der Waals surface area contributed by atoms with Crippen LogP contribution in [0.3, 0.4) is 0 Å². The molecule has 0 radical (unpaired) electrons. The lowest BCUT2D eigenvalue weighted by Crippen LogP contribution is -2.23. The summed E-state index contributed by atoms with van der Waals surface area (Å²) in [4.78, 5) is 16.3. The van der Waals surface area contributed by atoms with Gasteiger partial charge in [0.15, 0.2) is 0 Å². The fourth-order valence-electron chi connectivity index (χ4n) is 2.08. The molecule has 0 aliphatic heterocycles. The summed E-state index contributed by atoms with van der Waals surface area (Å²) in [6, 6.07) is 19.5. The van der Waals surface area contributed by atoms with Gasteiger partial charge in [-0.3, -0.25) is 9.78 Å². The molecule has 0 aliphatic rings. The maximum atomic E-state index is 12.1. The van der Waals surface area contributed by atoms with E-state index in [4.69, 9.17) is 0 Å². The summed E-state index contributed by atoms with van der Waals surface area (Å²) in [5.74, 6) is -0.153. The number of nitrogens with one attached hydrogen (secondary N) is 1. The van der Waals surface area contributed by atoms with Crippen LogP contribution in [0.5, 0.6) is 0 Å². The molecular formula is C17H14N2O. The Kier molecular flexibility index (Phi) is 3.42. The zero-order valence-corrected chi connectivity index (χ0v) is 10.9. The van der Waals surface area contributed by atoms with Gasteiger partial charge in [-0.25, -0.2) is 0 Å². The van der Waals surface area contributed by atoms with E-state index in [1.165, 1.54) is 0 Å². The Hall–Kier alpha value is -2.68. The predicted molar refractivity (Wildman–Crippen MR) is 79.4 cm³/mol. The van der Waals surface area contributed by atoms with Gasteiger partial charge in [0.1, 0.15) is 5.69 Å². The first-order valence-corrected chi connectivity index (χ1v) is 6.50. The number of carbonyl (C=O) groups is 1. The topological polar surface area (TPSA) is 42.0 Å².